The number of nitrogens with two attached hydrogens (primary N) is 1. The Morgan fingerprint density at radius 1 is 1.26 bits per heavy atom. The summed E-state index contributed by atoms with van der Waals surface area (Å²) >= 11 is 0. The summed E-state index contributed by atoms with van der Waals surface area (Å²) in [5.41, 5.74) is 7.84. The van der Waals surface area contributed by atoms with E-state index in [1.54, 1.807) is 18.2 Å². The maximum atomic E-state index is 12.3. The van der Waals surface area contributed by atoms with Gasteiger partial charge in [-0.3, -0.25) is 9.78 Å². The molecule has 3 rings (SSSR count). The van der Waals surface area contributed by atoms with Gasteiger partial charge in [-0.2, -0.15) is 0 Å². The Hall–Kier alpha value is -2.77. The maximum Gasteiger partial charge on any atom is 0.573 e. The molecular weight excluding hydrogens is 311 g/mol. The summed E-state index contributed by atoms with van der Waals surface area (Å²) in [5.74, 6) is -0.898. The zero-order valence-corrected chi connectivity index (χ0v) is 11.8. The minimum absolute atomic E-state index is 0.378. The second kappa shape index (κ2) is 5.45. The average Bonchev–Trinajstić information content (AvgIpc) is 2.88. The highest BCUT2D eigenvalue weighted by Crippen LogP contribution is 2.36. The summed E-state index contributed by atoms with van der Waals surface area (Å²) in [4.78, 5) is 16.8. The molecule has 1 aromatic heterocycles. The topological polar surface area (TPSA) is 68.5 Å². The van der Waals surface area contributed by atoms with Gasteiger partial charge in [-0.05, 0) is 30.2 Å². The molecule has 5 nitrogen and oxygen atoms in total. The van der Waals surface area contributed by atoms with E-state index < -0.39 is 12.3 Å². The number of amides is 1. The molecule has 2 heterocycles. The Labute approximate surface area is 129 Å². The number of alkyl halides is 3. The van der Waals surface area contributed by atoms with E-state index in [-0.39, 0.29) is 5.75 Å². The van der Waals surface area contributed by atoms with Crippen LogP contribution in [0.4, 0.5) is 24.5 Å². The van der Waals surface area contributed by atoms with Crippen LogP contribution in [0, 0.1) is 0 Å². The predicted octanol–water partition coefficient (Wildman–Crippen LogP) is 2.77. The number of aromatic nitrogens is 1. The number of carbonyl (C=O) groups is 1. The van der Waals surface area contributed by atoms with E-state index >= 15 is 0 Å². The first-order valence-corrected chi connectivity index (χ1v) is 6.74. The van der Waals surface area contributed by atoms with Crippen LogP contribution in [0.15, 0.2) is 36.7 Å². The maximum absolute atomic E-state index is 12.3. The van der Waals surface area contributed by atoms with E-state index in [0.717, 1.165) is 17.4 Å². The van der Waals surface area contributed by atoms with E-state index in [0.29, 0.717) is 24.2 Å². The van der Waals surface area contributed by atoms with Crippen molar-refractivity contribution in [1.82, 2.24) is 4.98 Å². The highest BCUT2D eigenvalue weighted by atomic mass is 19.4. The second-order valence-corrected chi connectivity index (χ2v) is 5.04. The van der Waals surface area contributed by atoms with Crippen LogP contribution in [0.2, 0.25) is 0 Å². The summed E-state index contributed by atoms with van der Waals surface area (Å²) in [5, 5.41) is 0. The van der Waals surface area contributed by atoms with Gasteiger partial charge in [-0.25, -0.2) is 0 Å². The zero-order valence-electron chi connectivity index (χ0n) is 11.8. The molecule has 8 heteroatoms. The highest BCUT2D eigenvalue weighted by Gasteiger charge is 2.31. The van der Waals surface area contributed by atoms with Gasteiger partial charge in [0.05, 0.1) is 18.1 Å². The van der Waals surface area contributed by atoms with Crippen molar-refractivity contribution in [2.45, 2.75) is 12.8 Å². The van der Waals surface area contributed by atoms with Crippen molar-refractivity contribution in [1.29, 1.82) is 0 Å². The molecule has 1 amide bonds. The van der Waals surface area contributed by atoms with Crippen molar-refractivity contribution < 1.29 is 22.7 Å². The van der Waals surface area contributed by atoms with Crippen molar-refractivity contribution in [3.05, 3.63) is 47.8 Å². The number of ether oxygens (including phenoxy) is 1. The summed E-state index contributed by atoms with van der Waals surface area (Å²) in [7, 11) is 0. The molecule has 0 unspecified atom stereocenters. The third kappa shape index (κ3) is 3.20. The predicted molar refractivity (Wildman–Crippen MR) is 76.6 cm³/mol. The number of rotatable bonds is 3. The first-order valence-electron chi connectivity index (χ1n) is 6.74. The zero-order chi connectivity index (χ0) is 16.6. The molecular formula is C15H12F3N3O2. The van der Waals surface area contributed by atoms with Gasteiger partial charge < -0.3 is 15.4 Å². The summed E-state index contributed by atoms with van der Waals surface area (Å²) < 4.78 is 40.8. The molecule has 0 atom stereocenters. The number of anilines is 2. The number of pyridine rings is 1. The van der Waals surface area contributed by atoms with Crippen LogP contribution in [0.1, 0.15) is 15.9 Å². The van der Waals surface area contributed by atoms with Crippen LogP contribution >= 0.6 is 0 Å². The van der Waals surface area contributed by atoms with Crippen LogP contribution in [0.25, 0.3) is 0 Å². The molecule has 0 bridgehead atoms. The number of carbonyl (C=O) groups excluding carboxylic acids is 1. The molecule has 0 saturated carbocycles. The monoisotopic (exact) mass is 323 g/mol. The number of fused-ring (bicyclic) bond motifs is 1. The van der Waals surface area contributed by atoms with Gasteiger partial charge in [0.15, 0.2) is 0 Å². The van der Waals surface area contributed by atoms with E-state index in [9.17, 15) is 18.0 Å². The molecule has 0 spiro atoms. The number of hydrogen-bond acceptors (Lipinski definition) is 4. The largest absolute Gasteiger partial charge is 0.573 e. The van der Waals surface area contributed by atoms with Crippen LogP contribution in [0.5, 0.6) is 5.75 Å². The van der Waals surface area contributed by atoms with Crippen LogP contribution < -0.4 is 15.4 Å². The van der Waals surface area contributed by atoms with Gasteiger partial charge in [0.2, 0.25) is 5.91 Å². The molecule has 23 heavy (non-hydrogen) atoms. The molecule has 0 aliphatic carbocycles. The lowest BCUT2D eigenvalue weighted by Gasteiger charge is -2.20. The van der Waals surface area contributed by atoms with Crippen molar-refractivity contribution >= 4 is 17.3 Å². The molecule has 2 N–H and O–H groups in total. The number of primary amides is 1. The Morgan fingerprint density at radius 3 is 2.74 bits per heavy atom. The number of benzene rings is 1. The van der Waals surface area contributed by atoms with Gasteiger partial charge >= 0.3 is 6.36 Å². The number of halogens is 3. The fourth-order valence-electron chi connectivity index (χ4n) is 2.57. The Balaban J connectivity index is 1.91. The van der Waals surface area contributed by atoms with Crippen LogP contribution in [-0.2, 0) is 6.42 Å². The summed E-state index contributed by atoms with van der Waals surface area (Å²) in [6.07, 6.45) is -1.65. The van der Waals surface area contributed by atoms with Gasteiger partial charge in [-0.15, -0.1) is 13.2 Å². The normalized spacial score (nSPS) is 13.8. The molecule has 0 fully saturated rings. The van der Waals surface area contributed by atoms with Gasteiger partial charge in [-0.1, -0.05) is 0 Å². The smallest absolute Gasteiger partial charge is 0.404 e. The standard InChI is InChI=1S/C15H12F3N3O2/c16-15(17,18)23-12-6-11(7-20-8-12)21-4-3-9-5-10(14(19)22)1-2-13(9)21/h1-2,5-8H,3-4H2,(H2,19,22). The van der Waals surface area contributed by atoms with Gasteiger partial charge in [0.1, 0.15) is 5.75 Å². The molecule has 0 saturated heterocycles. The Kier molecular flexibility index (Phi) is 3.59. The van der Waals surface area contributed by atoms with E-state index in [1.807, 2.05) is 4.90 Å². The minimum atomic E-state index is -4.76. The SMILES string of the molecule is NC(=O)c1ccc2c(c1)CCN2c1cncc(OC(F)(F)F)c1. The second-order valence-electron chi connectivity index (χ2n) is 5.04. The van der Waals surface area contributed by atoms with E-state index in [1.165, 1.54) is 12.3 Å². The minimum Gasteiger partial charge on any atom is -0.404 e. The molecule has 1 aliphatic heterocycles. The van der Waals surface area contributed by atoms with Crippen molar-refractivity contribution in [3.8, 4) is 5.75 Å². The van der Waals surface area contributed by atoms with Crippen molar-refractivity contribution in [2.24, 2.45) is 5.73 Å². The number of nitrogens with zero attached hydrogens (tertiary/aromatic N) is 2. The Morgan fingerprint density at radius 2 is 2.04 bits per heavy atom. The third-order valence-corrected chi connectivity index (χ3v) is 3.50. The van der Waals surface area contributed by atoms with Gasteiger partial charge in [0.25, 0.3) is 0 Å². The molecule has 0 radical (unpaired) electrons. The van der Waals surface area contributed by atoms with Gasteiger partial charge in [0, 0.05) is 23.9 Å². The molecule has 2 aromatic rings. The first-order chi connectivity index (χ1) is 10.8. The summed E-state index contributed by atoms with van der Waals surface area (Å²) in [6, 6.07) is 6.28. The van der Waals surface area contributed by atoms with Crippen LogP contribution in [0.3, 0.4) is 0 Å². The number of hydrogen-bond donors (Lipinski definition) is 1. The summed E-state index contributed by atoms with van der Waals surface area (Å²) in [6.45, 7) is 0.564. The van der Waals surface area contributed by atoms with Crippen molar-refractivity contribution in [3.63, 3.8) is 0 Å². The fourth-order valence-corrected chi connectivity index (χ4v) is 2.57. The highest BCUT2D eigenvalue weighted by molar-refractivity contribution is 5.94. The van der Waals surface area contributed by atoms with Crippen LogP contribution in [-0.4, -0.2) is 23.8 Å². The van der Waals surface area contributed by atoms with E-state index in [2.05, 4.69) is 9.72 Å². The lowest BCUT2D eigenvalue weighted by Crippen LogP contribution is -2.18. The van der Waals surface area contributed by atoms with Crippen molar-refractivity contribution in [2.75, 3.05) is 11.4 Å². The first kappa shape index (κ1) is 15.1. The average molecular weight is 323 g/mol. The third-order valence-electron chi connectivity index (χ3n) is 3.50. The lowest BCUT2D eigenvalue weighted by atomic mass is 10.1. The fraction of sp³-hybridized carbons (Fsp3) is 0.200. The molecule has 1 aromatic carbocycles. The van der Waals surface area contributed by atoms with E-state index in [4.69, 9.17) is 5.73 Å². The quantitative estimate of drug-likeness (QED) is 0.943. The Bertz CT molecular complexity index is 762. The molecule has 120 valence electrons. The molecule has 1 aliphatic rings. The lowest BCUT2D eigenvalue weighted by molar-refractivity contribution is -0.274.